The lowest BCUT2D eigenvalue weighted by Gasteiger charge is -2.18. The van der Waals surface area contributed by atoms with E-state index in [4.69, 9.17) is 16.3 Å². The zero-order valence-electron chi connectivity index (χ0n) is 13.0. The van der Waals surface area contributed by atoms with E-state index in [1.165, 1.54) is 32.2 Å². The molecule has 0 fully saturated rings. The maximum absolute atomic E-state index is 12.4. The van der Waals surface area contributed by atoms with Gasteiger partial charge in [0.15, 0.2) is 0 Å². The lowest BCUT2D eigenvalue weighted by atomic mass is 10.2. The second-order valence-corrected chi connectivity index (χ2v) is 7.07. The molecule has 1 aromatic carbocycles. The van der Waals surface area contributed by atoms with Gasteiger partial charge in [0.05, 0.1) is 13.2 Å². The molecule has 0 aliphatic rings. The smallest absolute Gasteiger partial charge is 0.245 e. The molecule has 0 spiro atoms. The fraction of sp³-hybridized carbons (Fsp3) is 0.500. The van der Waals surface area contributed by atoms with Crippen LogP contribution in [0.2, 0.25) is 5.02 Å². The Morgan fingerprint density at radius 2 is 2.00 bits per heavy atom. The Hall–Kier alpha value is -1.31. The van der Waals surface area contributed by atoms with Gasteiger partial charge in [-0.15, -0.1) is 0 Å². The number of benzene rings is 1. The van der Waals surface area contributed by atoms with Crippen LogP contribution in [0.5, 0.6) is 5.75 Å². The molecule has 2 N–H and O–H groups in total. The van der Waals surface area contributed by atoms with Gasteiger partial charge in [-0.1, -0.05) is 18.5 Å². The van der Waals surface area contributed by atoms with Crippen LogP contribution in [0, 0.1) is 0 Å². The van der Waals surface area contributed by atoms with Crippen molar-refractivity contribution in [2.75, 3.05) is 7.11 Å². The van der Waals surface area contributed by atoms with E-state index in [9.17, 15) is 13.2 Å². The molecule has 1 rings (SSSR count). The van der Waals surface area contributed by atoms with Crippen molar-refractivity contribution in [3.8, 4) is 5.75 Å². The van der Waals surface area contributed by atoms with E-state index in [1.54, 1.807) is 0 Å². The highest BCUT2D eigenvalue weighted by atomic mass is 35.5. The van der Waals surface area contributed by atoms with E-state index in [0.29, 0.717) is 0 Å². The molecular weight excluding hydrogens is 328 g/mol. The molecule has 0 heterocycles. The molecule has 0 aromatic heterocycles. The third-order valence-corrected chi connectivity index (χ3v) is 4.94. The highest BCUT2D eigenvalue weighted by molar-refractivity contribution is 7.89. The molecule has 0 unspecified atom stereocenters. The summed E-state index contributed by atoms with van der Waals surface area (Å²) in [5.74, 6) is -0.231. The van der Waals surface area contributed by atoms with Crippen molar-refractivity contribution in [2.24, 2.45) is 0 Å². The summed E-state index contributed by atoms with van der Waals surface area (Å²) in [6, 6.07) is 3.32. The SMILES string of the molecule is CC[C@H](C)NC(=O)[C@H](C)NS(=O)(=O)c1cc(Cl)ccc1OC. The molecule has 1 amide bonds. The van der Waals surface area contributed by atoms with Gasteiger partial charge in [0, 0.05) is 11.1 Å². The van der Waals surface area contributed by atoms with Crippen LogP contribution in [0.3, 0.4) is 0 Å². The van der Waals surface area contributed by atoms with Gasteiger partial charge in [-0.3, -0.25) is 4.79 Å². The van der Waals surface area contributed by atoms with E-state index in [2.05, 4.69) is 10.0 Å². The summed E-state index contributed by atoms with van der Waals surface area (Å²) in [5.41, 5.74) is 0. The Morgan fingerprint density at radius 3 is 2.55 bits per heavy atom. The predicted octanol–water partition coefficient (Wildman–Crippen LogP) is 1.93. The summed E-state index contributed by atoms with van der Waals surface area (Å²) in [7, 11) is -2.57. The van der Waals surface area contributed by atoms with Crippen LogP contribution in [-0.2, 0) is 14.8 Å². The highest BCUT2D eigenvalue weighted by Crippen LogP contribution is 2.27. The number of sulfonamides is 1. The maximum Gasteiger partial charge on any atom is 0.245 e. The van der Waals surface area contributed by atoms with Crippen molar-refractivity contribution >= 4 is 27.5 Å². The quantitative estimate of drug-likeness (QED) is 0.788. The molecule has 0 radical (unpaired) electrons. The van der Waals surface area contributed by atoms with Gasteiger partial charge in [-0.05, 0) is 38.5 Å². The van der Waals surface area contributed by atoms with Crippen molar-refractivity contribution < 1.29 is 17.9 Å². The van der Waals surface area contributed by atoms with Crippen molar-refractivity contribution in [3.05, 3.63) is 23.2 Å². The standard InChI is InChI=1S/C14H21ClN2O4S/c1-5-9(2)16-14(18)10(3)17-22(19,20)13-8-11(15)6-7-12(13)21-4/h6-10,17H,5H2,1-4H3,(H,16,18)/t9-,10-/m0/s1. The van der Waals surface area contributed by atoms with Crippen LogP contribution in [0.15, 0.2) is 23.1 Å². The average molecular weight is 349 g/mol. The minimum absolute atomic E-state index is 0.0276. The van der Waals surface area contributed by atoms with E-state index in [0.717, 1.165) is 6.42 Å². The second-order valence-electron chi connectivity index (χ2n) is 4.96. The number of amides is 1. The molecule has 6 nitrogen and oxygen atoms in total. The molecule has 0 aliphatic carbocycles. The summed E-state index contributed by atoms with van der Waals surface area (Å²) in [4.78, 5) is 11.8. The molecule has 0 bridgehead atoms. The minimum atomic E-state index is -3.93. The number of ether oxygens (including phenoxy) is 1. The van der Waals surface area contributed by atoms with E-state index in [1.807, 2.05) is 13.8 Å². The maximum atomic E-state index is 12.4. The number of carbonyl (C=O) groups is 1. The van der Waals surface area contributed by atoms with Crippen LogP contribution in [0.25, 0.3) is 0 Å². The van der Waals surface area contributed by atoms with Gasteiger partial charge < -0.3 is 10.1 Å². The van der Waals surface area contributed by atoms with Gasteiger partial charge in [0.25, 0.3) is 0 Å². The van der Waals surface area contributed by atoms with Crippen molar-refractivity contribution in [1.82, 2.24) is 10.0 Å². The Bertz CT molecular complexity index is 634. The van der Waals surface area contributed by atoms with Gasteiger partial charge in [-0.2, -0.15) is 4.72 Å². The topological polar surface area (TPSA) is 84.5 Å². The normalized spacial score (nSPS) is 14.2. The third-order valence-electron chi connectivity index (χ3n) is 3.14. The lowest BCUT2D eigenvalue weighted by Crippen LogP contribution is -2.47. The summed E-state index contributed by atoms with van der Waals surface area (Å²) in [6.45, 7) is 5.25. The second kappa shape index (κ2) is 7.80. The summed E-state index contributed by atoms with van der Waals surface area (Å²) >= 11 is 5.84. The highest BCUT2D eigenvalue weighted by Gasteiger charge is 2.25. The lowest BCUT2D eigenvalue weighted by molar-refractivity contribution is -0.122. The Balaban J connectivity index is 2.96. The zero-order chi connectivity index (χ0) is 16.9. The number of rotatable bonds is 7. The monoisotopic (exact) mass is 348 g/mol. The number of hydrogen-bond acceptors (Lipinski definition) is 4. The number of hydrogen-bond donors (Lipinski definition) is 2. The van der Waals surface area contributed by atoms with Crippen molar-refractivity contribution in [1.29, 1.82) is 0 Å². The van der Waals surface area contributed by atoms with Crippen LogP contribution >= 0.6 is 11.6 Å². The number of carbonyl (C=O) groups excluding carboxylic acids is 1. The van der Waals surface area contributed by atoms with Crippen LogP contribution in [-0.4, -0.2) is 33.5 Å². The van der Waals surface area contributed by atoms with E-state index in [-0.39, 0.29) is 27.6 Å². The van der Waals surface area contributed by atoms with Crippen molar-refractivity contribution in [2.45, 2.75) is 44.2 Å². The first-order valence-electron chi connectivity index (χ1n) is 6.87. The molecule has 0 aliphatic heterocycles. The third kappa shape index (κ3) is 4.86. The van der Waals surface area contributed by atoms with E-state index < -0.39 is 16.1 Å². The number of nitrogens with one attached hydrogen (secondary N) is 2. The largest absolute Gasteiger partial charge is 0.495 e. The predicted molar refractivity (Wildman–Crippen MR) is 85.7 cm³/mol. The van der Waals surface area contributed by atoms with Gasteiger partial charge in [-0.25, -0.2) is 8.42 Å². The molecular formula is C14H21ClN2O4S. The number of methoxy groups -OCH3 is 1. The number of halogens is 1. The molecule has 1 aromatic rings. The van der Waals surface area contributed by atoms with Crippen LogP contribution in [0.4, 0.5) is 0 Å². The van der Waals surface area contributed by atoms with Gasteiger partial charge >= 0.3 is 0 Å². The Labute approximate surface area is 136 Å². The molecule has 0 saturated carbocycles. The van der Waals surface area contributed by atoms with Crippen LogP contribution in [0.1, 0.15) is 27.2 Å². The first-order chi connectivity index (χ1) is 10.2. The molecule has 8 heteroatoms. The molecule has 124 valence electrons. The Kier molecular flexibility index (Phi) is 6.65. The summed E-state index contributed by atoms with van der Waals surface area (Å²) in [5, 5.41) is 2.98. The Morgan fingerprint density at radius 1 is 1.36 bits per heavy atom. The molecule has 2 atom stereocenters. The van der Waals surface area contributed by atoms with E-state index >= 15 is 0 Å². The molecule has 0 saturated heterocycles. The van der Waals surface area contributed by atoms with Gasteiger partial charge in [0.1, 0.15) is 10.6 Å². The van der Waals surface area contributed by atoms with Crippen LogP contribution < -0.4 is 14.8 Å². The zero-order valence-corrected chi connectivity index (χ0v) is 14.6. The van der Waals surface area contributed by atoms with Crippen molar-refractivity contribution in [3.63, 3.8) is 0 Å². The fourth-order valence-corrected chi connectivity index (χ4v) is 3.31. The average Bonchev–Trinajstić information content (AvgIpc) is 2.46. The van der Waals surface area contributed by atoms with Gasteiger partial charge in [0.2, 0.25) is 15.9 Å². The summed E-state index contributed by atoms with van der Waals surface area (Å²) in [6.07, 6.45) is 0.757. The summed E-state index contributed by atoms with van der Waals surface area (Å²) < 4.78 is 32.2. The first kappa shape index (κ1) is 18.7. The first-order valence-corrected chi connectivity index (χ1v) is 8.73. The minimum Gasteiger partial charge on any atom is -0.495 e. The fourth-order valence-electron chi connectivity index (χ4n) is 1.68. The molecule has 22 heavy (non-hydrogen) atoms.